The molecule has 0 spiro atoms. The number of nitrogens with one attached hydrogen (secondary N) is 1. The highest BCUT2D eigenvalue weighted by Gasteiger charge is 2.42. The molecule has 0 aromatic carbocycles. The fourth-order valence-electron chi connectivity index (χ4n) is 2.76. The number of allylic oxidation sites excluding steroid dienone is 1. The molecule has 1 saturated heterocycles. The van der Waals surface area contributed by atoms with Gasteiger partial charge in [0, 0.05) is 30.2 Å². The Morgan fingerprint density at radius 2 is 2.20 bits per heavy atom. The number of hydrogen-bond acceptors (Lipinski definition) is 5. The van der Waals surface area contributed by atoms with Crippen molar-refractivity contribution in [3.63, 3.8) is 0 Å². The molecule has 2 fully saturated rings. The van der Waals surface area contributed by atoms with E-state index in [9.17, 15) is 0 Å². The Kier molecular flexibility index (Phi) is 3.50. The third kappa shape index (κ3) is 2.69. The predicted molar refractivity (Wildman–Crippen MR) is 77.9 cm³/mol. The maximum atomic E-state index is 8.98. The number of ether oxygens (including phenoxy) is 1. The first-order valence-electron chi connectivity index (χ1n) is 7.57. The van der Waals surface area contributed by atoms with Gasteiger partial charge in [-0.3, -0.25) is 10.0 Å². The summed E-state index contributed by atoms with van der Waals surface area (Å²) in [6.45, 7) is 7.09. The molecule has 0 radical (unpaired) electrons. The molecule has 5 nitrogen and oxygen atoms in total. The van der Waals surface area contributed by atoms with E-state index >= 15 is 0 Å². The molecule has 1 aliphatic carbocycles. The van der Waals surface area contributed by atoms with Gasteiger partial charge in [-0.25, -0.2) is 5.43 Å². The lowest BCUT2D eigenvalue weighted by Gasteiger charge is -2.31. The van der Waals surface area contributed by atoms with Gasteiger partial charge in [0.25, 0.3) is 0 Å². The SMILES string of the molecule is CC(C)(C)C1CC2N=C(C3CC3)C=C(OCCO)N2N1. The first kappa shape index (κ1) is 13.9. The molecule has 2 unspecified atom stereocenters. The fourth-order valence-corrected chi connectivity index (χ4v) is 2.76. The van der Waals surface area contributed by atoms with Crippen molar-refractivity contribution in [2.75, 3.05) is 13.2 Å². The van der Waals surface area contributed by atoms with Crippen LogP contribution in [0, 0.1) is 11.3 Å². The molecule has 3 rings (SSSR count). The first-order chi connectivity index (χ1) is 9.49. The summed E-state index contributed by atoms with van der Waals surface area (Å²) < 4.78 is 5.71. The van der Waals surface area contributed by atoms with Crippen molar-refractivity contribution in [2.45, 2.75) is 52.2 Å². The number of hydrazine groups is 1. The molecule has 0 bridgehead atoms. The zero-order valence-corrected chi connectivity index (χ0v) is 12.6. The maximum absolute atomic E-state index is 8.98. The van der Waals surface area contributed by atoms with E-state index in [4.69, 9.17) is 14.8 Å². The minimum Gasteiger partial charge on any atom is -0.476 e. The van der Waals surface area contributed by atoms with E-state index in [1.807, 2.05) is 11.1 Å². The highest BCUT2D eigenvalue weighted by Crippen LogP contribution is 2.38. The monoisotopic (exact) mass is 279 g/mol. The van der Waals surface area contributed by atoms with Crippen molar-refractivity contribution >= 4 is 5.71 Å². The zero-order valence-electron chi connectivity index (χ0n) is 12.6. The Balaban J connectivity index is 1.79. The smallest absolute Gasteiger partial charge is 0.207 e. The molecule has 0 aromatic rings. The molecule has 2 atom stereocenters. The fraction of sp³-hybridized carbons (Fsp3) is 0.800. The summed E-state index contributed by atoms with van der Waals surface area (Å²) in [7, 11) is 0. The molecular formula is C15H25N3O2. The van der Waals surface area contributed by atoms with Gasteiger partial charge >= 0.3 is 0 Å². The van der Waals surface area contributed by atoms with Crippen molar-refractivity contribution in [3.8, 4) is 0 Å². The standard InChI is InChI=1S/C15H25N3O2/c1-15(2,3)12-9-13-16-11(10-4-5-10)8-14(18(13)17-12)20-7-6-19/h8,10,12-13,17,19H,4-7,9H2,1-3H3. The van der Waals surface area contributed by atoms with E-state index in [1.165, 1.54) is 18.6 Å². The topological polar surface area (TPSA) is 57.1 Å². The Labute approximate surface area is 120 Å². The van der Waals surface area contributed by atoms with Crippen LogP contribution in [-0.4, -0.2) is 41.2 Å². The van der Waals surface area contributed by atoms with Gasteiger partial charge in [-0.15, -0.1) is 0 Å². The maximum Gasteiger partial charge on any atom is 0.207 e. The van der Waals surface area contributed by atoms with Gasteiger partial charge in [0.1, 0.15) is 12.8 Å². The van der Waals surface area contributed by atoms with Crippen molar-refractivity contribution in [2.24, 2.45) is 16.3 Å². The Bertz CT molecular complexity index is 435. The second kappa shape index (κ2) is 5.04. The average molecular weight is 279 g/mol. The molecule has 1 saturated carbocycles. The van der Waals surface area contributed by atoms with Crippen LogP contribution in [0.25, 0.3) is 0 Å². The number of aliphatic hydroxyl groups excluding tert-OH is 1. The summed E-state index contributed by atoms with van der Waals surface area (Å²) in [5.74, 6) is 1.44. The minimum atomic E-state index is 0.0362. The molecule has 2 aliphatic heterocycles. The van der Waals surface area contributed by atoms with E-state index in [0.717, 1.165) is 12.3 Å². The molecule has 2 N–H and O–H groups in total. The number of aliphatic imine (C=N–C) groups is 1. The lowest BCUT2D eigenvalue weighted by Crippen LogP contribution is -2.44. The third-order valence-corrected chi connectivity index (χ3v) is 4.23. The highest BCUT2D eigenvalue weighted by molar-refractivity contribution is 5.99. The number of aliphatic hydroxyl groups is 1. The van der Waals surface area contributed by atoms with Crippen LogP contribution in [0.4, 0.5) is 0 Å². The molecule has 5 heteroatoms. The lowest BCUT2D eigenvalue weighted by molar-refractivity contribution is 0.0491. The van der Waals surface area contributed by atoms with E-state index in [-0.39, 0.29) is 18.2 Å². The molecule has 0 aromatic heterocycles. The van der Waals surface area contributed by atoms with Crippen molar-refractivity contribution in [1.82, 2.24) is 10.4 Å². The van der Waals surface area contributed by atoms with Crippen LogP contribution >= 0.6 is 0 Å². The Hall–Kier alpha value is -1.07. The van der Waals surface area contributed by atoms with Crippen LogP contribution < -0.4 is 5.43 Å². The second-order valence-corrected chi connectivity index (χ2v) is 7.02. The summed E-state index contributed by atoms with van der Waals surface area (Å²) in [5.41, 5.74) is 4.89. The predicted octanol–water partition coefficient (Wildman–Crippen LogP) is 1.65. The van der Waals surface area contributed by atoms with Gasteiger partial charge in [-0.2, -0.15) is 0 Å². The van der Waals surface area contributed by atoms with Crippen molar-refractivity contribution in [3.05, 3.63) is 12.0 Å². The zero-order chi connectivity index (χ0) is 14.3. The number of fused-ring (bicyclic) bond motifs is 1. The van der Waals surface area contributed by atoms with Crippen LogP contribution in [0.1, 0.15) is 40.0 Å². The largest absolute Gasteiger partial charge is 0.476 e. The average Bonchev–Trinajstić information content (AvgIpc) is 3.13. The van der Waals surface area contributed by atoms with Gasteiger partial charge in [-0.1, -0.05) is 20.8 Å². The highest BCUT2D eigenvalue weighted by atomic mass is 16.5. The van der Waals surface area contributed by atoms with Gasteiger partial charge in [-0.05, 0) is 18.3 Å². The quantitative estimate of drug-likeness (QED) is 0.821. The molecular weight excluding hydrogens is 254 g/mol. The Morgan fingerprint density at radius 3 is 2.80 bits per heavy atom. The summed E-state index contributed by atoms with van der Waals surface area (Å²) in [6, 6.07) is 0.385. The first-order valence-corrected chi connectivity index (χ1v) is 7.57. The second-order valence-electron chi connectivity index (χ2n) is 7.02. The Morgan fingerprint density at radius 1 is 1.45 bits per heavy atom. The van der Waals surface area contributed by atoms with Gasteiger partial charge in [0.05, 0.1) is 6.61 Å². The molecule has 3 aliphatic rings. The van der Waals surface area contributed by atoms with E-state index in [2.05, 4.69) is 26.2 Å². The molecule has 112 valence electrons. The van der Waals surface area contributed by atoms with Crippen LogP contribution in [0.2, 0.25) is 0 Å². The van der Waals surface area contributed by atoms with Crippen molar-refractivity contribution < 1.29 is 9.84 Å². The normalized spacial score (nSPS) is 29.9. The van der Waals surface area contributed by atoms with E-state index < -0.39 is 0 Å². The summed E-state index contributed by atoms with van der Waals surface area (Å²) >= 11 is 0. The molecule has 0 amide bonds. The minimum absolute atomic E-state index is 0.0362. The van der Waals surface area contributed by atoms with Gasteiger partial charge < -0.3 is 9.84 Å². The van der Waals surface area contributed by atoms with Gasteiger partial charge in [0.15, 0.2) is 0 Å². The number of nitrogens with zero attached hydrogens (tertiary/aromatic N) is 2. The molecule has 20 heavy (non-hydrogen) atoms. The third-order valence-electron chi connectivity index (χ3n) is 4.23. The summed E-state index contributed by atoms with van der Waals surface area (Å²) in [5, 5.41) is 11.0. The molecule has 2 heterocycles. The number of hydrogen-bond donors (Lipinski definition) is 2. The van der Waals surface area contributed by atoms with E-state index in [1.54, 1.807) is 0 Å². The van der Waals surface area contributed by atoms with Gasteiger partial charge in [0.2, 0.25) is 5.88 Å². The summed E-state index contributed by atoms with van der Waals surface area (Å²) in [4.78, 5) is 4.89. The van der Waals surface area contributed by atoms with Crippen LogP contribution in [-0.2, 0) is 4.74 Å². The van der Waals surface area contributed by atoms with Crippen LogP contribution in [0.15, 0.2) is 17.0 Å². The van der Waals surface area contributed by atoms with E-state index in [0.29, 0.717) is 18.6 Å². The lowest BCUT2D eigenvalue weighted by atomic mass is 9.85. The van der Waals surface area contributed by atoms with Crippen LogP contribution in [0.5, 0.6) is 0 Å². The summed E-state index contributed by atoms with van der Waals surface area (Å²) in [6.07, 6.45) is 5.66. The number of rotatable bonds is 4. The van der Waals surface area contributed by atoms with Crippen molar-refractivity contribution in [1.29, 1.82) is 0 Å². The van der Waals surface area contributed by atoms with Crippen LogP contribution in [0.3, 0.4) is 0 Å².